The van der Waals surface area contributed by atoms with E-state index in [1.165, 1.54) is 19.1 Å². The van der Waals surface area contributed by atoms with Crippen molar-refractivity contribution in [2.45, 2.75) is 50.7 Å². The highest BCUT2D eigenvalue weighted by atomic mass is 31.2. The molecule has 216 valence electrons. The number of rotatable bonds is 10. The van der Waals surface area contributed by atoms with Crippen molar-refractivity contribution in [1.82, 2.24) is 14.6 Å². The average Bonchev–Trinajstić information content (AvgIpc) is 3.37. The minimum atomic E-state index is -4.44. The van der Waals surface area contributed by atoms with E-state index in [-0.39, 0.29) is 24.6 Å². The van der Waals surface area contributed by atoms with Gasteiger partial charge in [0.2, 0.25) is 12.1 Å². The Bertz CT molecular complexity index is 1370. The summed E-state index contributed by atoms with van der Waals surface area (Å²) >= 11 is 0. The molecule has 2 N–H and O–H groups in total. The third-order valence-corrected chi connectivity index (χ3v) is 7.22. The Morgan fingerprint density at radius 1 is 1.20 bits per heavy atom. The number of amides is 1. The van der Waals surface area contributed by atoms with E-state index < -0.39 is 68.3 Å². The Labute approximate surface area is 225 Å². The second-order valence-electron chi connectivity index (χ2n) is 8.75. The Morgan fingerprint density at radius 2 is 1.93 bits per heavy atom. The number of esters is 2. The van der Waals surface area contributed by atoms with Gasteiger partial charge in [-0.25, -0.2) is 9.36 Å². The number of anilines is 1. The van der Waals surface area contributed by atoms with E-state index in [0.717, 1.165) is 19.2 Å². The van der Waals surface area contributed by atoms with Crippen molar-refractivity contribution < 1.29 is 51.0 Å². The molecule has 17 heteroatoms. The molecule has 3 heterocycles. The molecule has 0 spiro atoms. The average molecular weight is 586 g/mol. The monoisotopic (exact) mass is 586 g/mol. The maximum Gasteiger partial charge on any atom is 0.459 e. The number of benzene rings is 1. The van der Waals surface area contributed by atoms with E-state index in [1.54, 1.807) is 18.2 Å². The van der Waals surface area contributed by atoms with Crippen LogP contribution in [0.4, 0.5) is 14.6 Å². The number of alkyl halides is 2. The van der Waals surface area contributed by atoms with Gasteiger partial charge in [0.1, 0.15) is 23.7 Å². The number of hydrogen-bond acceptors (Lipinski definition) is 11. The first-order chi connectivity index (χ1) is 18.9. The van der Waals surface area contributed by atoms with E-state index >= 15 is 8.78 Å². The number of carbonyl (C=O) groups is 3. The van der Waals surface area contributed by atoms with Gasteiger partial charge < -0.3 is 24.1 Å². The first-order valence-corrected chi connectivity index (χ1v) is 13.4. The molecule has 2 aliphatic heterocycles. The number of carbonyl (C=O) groups excluding carboxylic acids is 3. The predicted octanol–water partition coefficient (Wildman–Crippen LogP) is 1.77. The van der Waals surface area contributed by atoms with E-state index in [0.29, 0.717) is 4.57 Å². The van der Waals surface area contributed by atoms with Crippen molar-refractivity contribution in [1.29, 1.82) is 0 Å². The van der Waals surface area contributed by atoms with Gasteiger partial charge in [-0.15, -0.1) is 0 Å². The molecule has 2 saturated heterocycles. The van der Waals surface area contributed by atoms with Crippen molar-refractivity contribution in [3.8, 4) is 5.75 Å². The standard InChI is InChI=1S/C23H25F2N4O10P/c1-13(30)26-18-8-10-29(22(33)27-18)21-23(24,25)19(37-14(2)31)17(38-21)12-36-40(34,28-16-9-11-35-20(16)32)39-15-6-4-3-5-7-15/h3-8,10,16-17,19,21H,9,11-12H2,1-2H3,(H,28,34)(H,26,27,30,33)/t16-,17+,19+,21+,40?/m0/s1. The molecule has 0 saturated carbocycles. The Morgan fingerprint density at radius 3 is 2.52 bits per heavy atom. The van der Waals surface area contributed by atoms with Gasteiger partial charge in [-0.2, -0.15) is 18.9 Å². The van der Waals surface area contributed by atoms with Crippen LogP contribution < -0.4 is 20.6 Å². The SMILES string of the molecule is CC(=O)Nc1ccn([C@@H]2O[C@H](COP(=O)(N[C@H]3CCOC3=O)Oc3ccccc3)[C@@H](OC(C)=O)C2(F)F)c(=O)n1. The van der Waals surface area contributed by atoms with Crippen LogP contribution >= 0.6 is 7.75 Å². The fourth-order valence-electron chi connectivity index (χ4n) is 3.95. The minimum Gasteiger partial charge on any atom is -0.464 e. The smallest absolute Gasteiger partial charge is 0.459 e. The molecule has 0 aliphatic carbocycles. The summed E-state index contributed by atoms with van der Waals surface area (Å²) in [6, 6.07) is 7.75. The second kappa shape index (κ2) is 11.8. The van der Waals surface area contributed by atoms with Crippen molar-refractivity contribution in [3.05, 3.63) is 53.1 Å². The summed E-state index contributed by atoms with van der Waals surface area (Å²) in [5.74, 6) is -6.43. The zero-order valence-electron chi connectivity index (χ0n) is 21.2. The van der Waals surface area contributed by atoms with Gasteiger partial charge in [0, 0.05) is 26.5 Å². The van der Waals surface area contributed by atoms with Crippen LogP contribution in [0.5, 0.6) is 5.75 Å². The van der Waals surface area contributed by atoms with Crippen LogP contribution in [0.3, 0.4) is 0 Å². The summed E-state index contributed by atoms with van der Waals surface area (Å²) in [7, 11) is -4.44. The quantitative estimate of drug-likeness (QED) is 0.306. The fraction of sp³-hybridized carbons (Fsp3) is 0.435. The summed E-state index contributed by atoms with van der Waals surface area (Å²) in [5, 5.41) is 4.70. The lowest BCUT2D eigenvalue weighted by Crippen LogP contribution is -2.44. The highest BCUT2D eigenvalue weighted by Gasteiger charge is 2.62. The van der Waals surface area contributed by atoms with Gasteiger partial charge in [0.25, 0.3) is 0 Å². The Hall–Kier alpha value is -3.72. The molecule has 1 unspecified atom stereocenters. The maximum absolute atomic E-state index is 15.5. The molecule has 1 amide bonds. The number of cyclic esters (lactones) is 1. The van der Waals surface area contributed by atoms with Gasteiger partial charge in [-0.1, -0.05) is 18.2 Å². The number of ether oxygens (including phenoxy) is 3. The van der Waals surface area contributed by atoms with Crippen LogP contribution in [-0.2, 0) is 37.7 Å². The van der Waals surface area contributed by atoms with Gasteiger partial charge in [0.15, 0.2) is 6.10 Å². The lowest BCUT2D eigenvalue weighted by atomic mass is 10.1. The number of nitrogens with zero attached hydrogens (tertiary/aromatic N) is 2. The van der Waals surface area contributed by atoms with E-state index in [2.05, 4.69) is 15.4 Å². The molecule has 0 bridgehead atoms. The van der Waals surface area contributed by atoms with Crippen LogP contribution in [0, 0.1) is 0 Å². The van der Waals surface area contributed by atoms with Crippen molar-refractivity contribution in [2.24, 2.45) is 0 Å². The minimum absolute atomic E-state index is 0.0551. The number of para-hydroxylation sites is 1. The van der Waals surface area contributed by atoms with Gasteiger partial charge in [-0.05, 0) is 18.2 Å². The van der Waals surface area contributed by atoms with Crippen LogP contribution in [-0.4, -0.2) is 64.8 Å². The highest BCUT2D eigenvalue weighted by Crippen LogP contribution is 2.49. The van der Waals surface area contributed by atoms with Gasteiger partial charge >= 0.3 is 31.3 Å². The van der Waals surface area contributed by atoms with Crippen LogP contribution in [0.25, 0.3) is 0 Å². The first-order valence-electron chi connectivity index (χ1n) is 11.9. The highest BCUT2D eigenvalue weighted by molar-refractivity contribution is 7.52. The Balaban J connectivity index is 1.59. The molecule has 2 fully saturated rings. The molecule has 0 radical (unpaired) electrons. The third kappa shape index (κ3) is 6.70. The number of halogens is 2. The molecular formula is C23H25F2N4O10P. The van der Waals surface area contributed by atoms with Crippen LogP contribution in [0.15, 0.2) is 47.4 Å². The molecule has 4 rings (SSSR count). The van der Waals surface area contributed by atoms with Crippen molar-refractivity contribution in [3.63, 3.8) is 0 Å². The zero-order valence-corrected chi connectivity index (χ0v) is 22.0. The molecule has 14 nitrogen and oxygen atoms in total. The largest absolute Gasteiger partial charge is 0.464 e. The summed E-state index contributed by atoms with van der Waals surface area (Å²) in [6.07, 6.45) is -5.28. The molecule has 2 aliphatic rings. The van der Waals surface area contributed by atoms with Gasteiger partial charge in [-0.3, -0.25) is 23.5 Å². The molecule has 2 aromatic rings. The van der Waals surface area contributed by atoms with Crippen molar-refractivity contribution >= 4 is 31.4 Å². The summed E-state index contributed by atoms with van der Waals surface area (Å²) in [5.41, 5.74) is -1.20. The molecule has 1 aromatic heterocycles. The number of aromatic nitrogens is 2. The topological polar surface area (TPSA) is 173 Å². The zero-order chi connectivity index (χ0) is 29.1. The van der Waals surface area contributed by atoms with Crippen LogP contribution in [0.1, 0.15) is 26.5 Å². The third-order valence-electron chi connectivity index (χ3n) is 5.66. The molecular weight excluding hydrogens is 561 g/mol. The van der Waals surface area contributed by atoms with E-state index in [1.807, 2.05) is 0 Å². The molecule has 1 aromatic carbocycles. The lowest BCUT2D eigenvalue weighted by molar-refractivity contribution is -0.174. The fourth-order valence-corrected chi connectivity index (χ4v) is 5.49. The van der Waals surface area contributed by atoms with Crippen LogP contribution in [0.2, 0.25) is 0 Å². The predicted molar refractivity (Wildman–Crippen MR) is 130 cm³/mol. The number of hydrogen-bond donors (Lipinski definition) is 2. The van der Waals surface area contributed by atoms with Crippen molar-refractivity contribution in [2.75, 3.05) is 18.5 Å². The summed E-state index contributed by atoms with van der Waals surface area (Å²) < 4.78 is 71.1. The second-order valence-corrected chi connectivity index (χ2v) is 10.4. The van der Waals surface area contributed by atoms with E-state index in [9.17, 15) is 23.7 Å². The lowest BCUT2D eigenvalue weighted by Gasteiger charge is -2.25. The molecule has 5 atom stereocenters. The normalized spacial score (nSPS) is 25.1. The molecule has 40 heavy (non-hydrogen) atoms. The number of nitrogens with one attached hydrogen (secondary N) is 2. The maximum atomic E-state index is 15.5. The first kappa shape index (κ1) is 29.3. The summed E-state index contributed by atoms with van der Waals surface area (Å²) in [6.45, 7) is 1.24. The van der Waals surface area contributed by atoms with E-state index in [4.69, 9.17) is 23.3 Å². The Kier molecular flexibility index (Phi) is 8.63. The summed E-state index contributed by atoms with van der Waals surface area (Å²) in [4.78, 5) is 50.9. The van der Waals surface area contributed by atoms with Gasteiger partial charge in [0.05, 0.1) is 13.2 Å².